The van der Waals surface area contributed by atoms with Gasteiger partial charge in [0.15, 0.2) is 0 Å². The highest BCUT2D eigenvalue weighted by molar-refractivity contribution is 5.84. The second-order valence-corrected chi connectivity index (χ2v) is 4.53. The molecule has 2 heteroatoms. The SMILES string of the molecule is CCc1ccccc1-c1cc2ccc(OC)cc2o1. The van der Waals surface area contributed by atoms with Gasteiger partial charge in [0.1, 0.15) is 17.1 Å². The van der Waals surface area contributed by atoms with E-state index in [0.29, 0.717) is 0 Å². The molecule has 3 rings (SSSR count). The summed E-state index contributed by atoms with van der Waals surface area (Å²) in [5.41, 5.74) is 3.33. The molecule has 19 heavy (non-hydrogen) atoms. The second kappa shape index (κ2) is 4.81. The number of hydrogen-bond acceptors (Lipinski definition) is 2. The summed E-state index contributed by atoms with van der Waals surface area (Å²) in [5.74, 6) is 1.73. The Hall–Kier alpha value is -2.22. The number of furan rings is 1. The van der Waals surface area contributed by atoms with Gasteiger partial charge in [-0.3, -0.25) is 0 Å². The molecule has 0 aliphatic rings. The van der Waals surface area contributed by atoms with Crippen LogP contribution in [-0.4, -0.2) is 7.11 Å². The topological polar surface area (TPSA) is 22.4 Å². The van der Waals surface area contributed by atoms with E-state index in [2.05, 4.69) is 31.2 Å². The number of benzene rings is 2. The highest BCUT2D eigenvalue weighted by Crippen LogP contribution is 2.32. The Bertz CT molecular complexity index is 710. The summed E-state index contributed by atoms with van der Waals surface area (Å²) in [6.07, 6.45) is 0.997. The molecule has 1 aromatic heterocycles. The van der Waals surface area contributed by atoms with Crippen LogP contribution >= 0.6 is 0 Å². The number of hydrogen-bond donors (Lipinski definition) is 0. The lowest BCUT2D eigenvalue weighted by atomic mass is 10.0. The van der Waals surface area contributed by atoms with Crippen LogP contribution in [0.2, 0.25) is 0 Å². The van der Waals surface area contributed by atoms with E-state index in [1.54, 1.807) is 7.11 Å². The van der Waals surface area contributed by atoms with E-state index in [1.165, 1.54) is 11.1 Å². The highest BCUT2D eigenvalue weighted by Gasteiger charge is 2.09. The van der Waals surface area contributed by atoms with Crippen molar-refractivity contribution in [3.63, 3.8) is 0 Å². The van der Waals surface area contributed by atoms with Crippen molar-refractivity contribution in [1.82, 2.24) is 0 Å². The van der Waals surface area contributed by atoms with Crippen molar-refractivity contribution >= 4 is 11.0 Å². The van der Waals surface area contributed by atoms with Crippen LogP contribution in [0.15, 0.2) is 52.9 Å². The lowest BCUT2D eigenvalue weighted by molar-refractivity contribution is 0.414. The minimum Gasteiger partial charge on any atom is -0.497 e. The predicted molar refractivity (Wildman–Crippen MR) is 77.6 cm³/mol. The standard InChI is InChI=1S/C17H16O2/c1-3-12-6-4-5-7-15(12)17-10-13-8-9-14(18-2)11-16(13)19-17/h4-11H,3H2,1-2H3. The van der Waals surface area contributed by atoms with Gasteiger partial charge in [0.2, 0.25) is 0 Å². The fourth-order valence-corrected chi connectivity index (χ4v) is 2.34. The molecule has 3 aromatic rings. The first-order valence-corrected chi connectivity index (χ1v) is 6.47. The zero-order valence-electron chi connectivity index (χ0n) is 11.1. The third-order valence-electron chi connectivity index (χ3n) is 3.39. The maximum Gasteiger partial charge on any atom is 0.138 e. The Morgan fingerprint density at radius 1 is 1.05 bits per heavy atom. The predicted octanol–water partition coefficient (Wildman–Crippen LogP) is 4.67. The summed E-state index contributed by atoms with van der Waals surface area (Å²) in [5, 5.41) is 1.10. The molecule has 0 bridgehead atoms. The molecule has 2 aromatic carbocycles. The summed E-state index contributed by atoms with van der Waals surface area (Å²) in [4.78, 5) is 0. The average Bonchev–Trinajstić information content (AvgIpc) is 2.89. The van der Waals surface area contributed by atoms with E-state index in [-0.39, 0.29) is 0 Å². The quantitative estimate of drug-likeness (QED) is 0.675. The van der Waals surface area contributed by atoms with Crippen molar-refractivity contribution in [1.29, 1.82) is 0 Å². The summed E-state index contributed by atoms with van der Waals surface area (Å²) in [7, 11) is 1.66. The van der Waals surface area contributed by atoms with Gasteiger partial charge in [0.25, 0.3) is 0 Å². The van der Waals surface area contributed by atoms with Crippen LogP contribution < -0.4 is 4.74 Å². The summed E-state index contributed by atoms with van der Waals surface area (Å²) in [6, 6.07) is 16.3. The van der Waals surface area contributed by atoms with Gasteiger partial charge in [-0.15, -0.1) is 0 Å². The molecule has 0 saturated carbocycles. The minimum absolute atomic E-state index is 0.817. The molecule has 0 radical (unpaired) electrons. The van der Waals surface area contributed by atoms with Gasteiger partial charge >= 0.3 is 0 Å². The molecule has 0 amide bonds. The van der Waals surface area contributed by atoms with Crippen LogP contribution in [-0.2, 0) is 6.42 Å². The largest absolute Gasteiger partial charge is 0.497 e. The van der Waals surface area contributed by atoms with Crippen molar-refractivity contribution in [3.8, 4) is 17.1 Å². The van der Waals surface area contributed by atoms with Gasteiger partial charge in [0, 0.05) is 17.0 Å². The summed E-state index contributed by atoms with van der Waals surface area (Å²) < 4.78 is 11.2. The normalized spacial score (nSPS) is 10.8. The summed E-state index contributed by atoms with van der Waals surface area (Å²) >= 11 is 0. The second-order valence-electron chi connectivity index (χ2n) is 4.53. The first-order valence-electron chi connectivity index (χ1n) is 6.47. The maximum absolute atomic E-state index is 5.96. The van der Waals surface area contributed by atoms with Crippen molar-refractivity contribution in [2.45, 2.75) is 13.3 Å². The minimum atomic E-state index is 0.817. The van der Waals surface area contributed by atoms with Gasteiger partial charge in [-0.1, -0.05) is 31.2 Å². The monoisotopic (exact) mass is 252 g/mol. The molecule has 0 saturated heterocycles. The number of ether oxygens (including phenoxy) is 1. The lowest BCUT2D eigenvalue weighted by Gasteiger charge is -2.03. The number of aryl methyl sites for hydroxylation is 1. The van der Waals surface area contributed by atoms with Crippen molar-refractivity contribution in [2.75, 3.05) is 7.11 Å². The summed E-state index contributed by atoms with van der Waals surface area (Å²) in [6.45, 7) is 2.16. The zero-order chi connectivity index (χ0) is 13.2. The van der Waals surface area contributed by atoms with E-state index in [9.17, 15) is 0 Å². The third kappa shape index (κ3) is 2.10. The molecular formula is C17H16O2. The number of methoxy groups -OCH3 is 1. The van der Waals surface area contributed by atoms with E-state index in [4.69, 9.17) is 9.15 Å². The van der Waals surface area contributed by atoms with Gasteiger partial charge in [-0.2, -0.15) is 0 Å². The van der Waals surface area contributed by atoms with Crippen LogP contribution in [0.3, 0.4) is 0 Å². The smallest absolute Gasteiger partial charge is 0.138 e. The number of fused-ring (bicyclic) bond motifs is 1. The molecule has 0 aliphatic carbocycles. The highest BCUT2D eigenvalue weighted by atomic mass is 16.5. The van der Waals surface area contributed by atoms with Crippen LogP contribution in [0, 0.1) is 0 Å². The molecule has 1 heterocycles. The van der Waals surface area contributed by atoms with Gasteiger partial charge in [0.05, 0.1) is 7.11 Å². The number of rotatable bonds is 3. The van der Waals surface area contributed by atoms with E-state index < -0.39 is 0 Å². The molecule has 0 unspecified atom stereocenters. The van der Waals surface area contributed by atoms with Gasteiger partial charge in [-0.25, -0.2) is 0 Å². The molecule has 96 valence electrons. The van der Waals surface area contributed by atoms with Crippen LogP contribution in [0.4, 0.5) is 0 Å². The molecular weight excluding hydrogens is 236 g/mol. The van der Waals surface area contributed by atoms with E-state index in [0.717, 1.165) is 28.9 Å². The third-order valence-corrected chi connectivity index (χ3v) is 3.39. The van der Waals surface area contributed by atoms with Crippen LogP contribution in [0.25, 0.3) is 22.3 Å². The first-order chi connectivity index (χ1) is 9.31. The Labute approximate surface area is 112 Å². The molecule has 0 aliphatic heterocycles. The van der Waals surface area contributed by atoms with Crippen LogP contribution in [0.5, 0.6) is 5.75 Å². The van der Waals surface area contributed by atoms with Crippen molar-refractivity contribution < 1.29 is 9.15 Å². The molecule has 2 nitrogen and oxygen atoms in total. The Kier molecular flexibility index (Phi) is 3.00. The Morgan fingerprint density at radius 3 is 2.68 bits per heavy atom. The lowest BCUT2D eigenvalue weighted by Crippen LogP contribution is -1.84. The zero-order valence-corrected chi connectivity index (χ0v) is 11.1. The molecule has 0 spiro atoms. The Morgan fingerprint density at radius 2 is 1.89 bits per heavy atom. The maximum atomic E-state index is 5.96. The van der Waals surface area contributed by atoms with Gasteiger partial charge in [-0.05, 0) is 30.2 Å². The molecule has 0 atom stereocenters. The molecule has 0 N–H and O–H groups in total. The average molecular weight is 252 g/mol. The van der Waals surface area contributed by atoms with E-state index in [1.807, 2.05) is 24.3 Å². The fourth-order valence-electron chi connectivity index (χ4n) is 2.34. The van der Waals surface area contributed by atoms with Crippen LogP contribution in [0.1, 0.15) is 12.5 Å². The van der Waals surface area contributed by atoms with Crippen molar-refractivity contribution in [2.24, 2.45) is 0 Å². The Balaban J connectivity index is 2.15. The molecule has 0 fully saturated rings. The van der Waals surface area contributed by atoms with E-state index >= 15 is 0 Å². The first kappa shape index (κ1) is 11.8. The fraction of sp³-hybridized carbons (Fsp3) is 0.176. The van der Waals surface area contributed by atoms with Crippen molar-refractivity contribution in [3.05, 3.63) is 54.1 Å². The van der Waals surface area contributed by atoms with Gasteiger partial charge < -0.3 is 9.15 Å².